The Morgan fingerprint density at radius 3 is 1.46 bits per heavy atom. The summed E-state index contributed by atoms with van der Waals surface area (Å²) in [6.45, 7) is 3.79. The topological polar surface area (TPSA) is 206 Å². The van der Waals surface area contributed by atoms with E-state index >= 15 is 0 Å². The molecule has 0 aromatic heterocycles. The normalized spacial score (nSPS) is 24.6. The number of unbranched alkanes of at least 4 members (excludes halogenated alkanes) is 22. The maximum Gasteiger partial charge on any atom is 0.472 e. The minimum atomic E-state index is -5.06. The highest BCUT2D eigenvalue weighted by molar-refractivity contribution is 7.47. The Morgan fingerprint density at radius 2 is 1.02 bits per heavy atom. The van der Waals surface area contributed by atoms with E-state index in [1.165, 1.54) is 109 Å². The van der Waals surface area contributed by atoms with E-state index in [2.05, 4.69) is 19.2 Å². The first-order valence-electron chi connectivity index (χ1n) is 20.6. The Hall–Kier alpha value is -0.920. The van der Waals surface area contributed by atoms with E-state index in [0.717, 1.165) is 44.9 Å². The number of aliphatic hydroxyl groups is 6. The minimum absolute atomic E-state index is 0.218. The average molecular weight is 766 g/mol. The molecule has 1 aliphatic carbocycles. The summed E-state index contributed by atoms with van der Waals surface area (Å²) >= 11 is 0. The maximum atomic E-state index is 12.9. The molecule has 0 aliphatic heterocycles. The number of carbonyl (C=O) groups excluding carboxylic acids is 1. The van der Waals surface area contributed by atoms with Gasteiger partial charge in [0.05, 0.1) is 18.8 Å². The van der Waals surface area contributed by atoms with Gasteiger partial charge in [-0.05, 0) is 19.3 Å². The third kappa shape index (κ3) is 22.5. The third-order valence-corrected chi connectivity index (χ3v) is 11.1. The lowest BCUT2D eigenvalue weighted by Crippen LogP contribution is -2.64. The predicted octanol–water partition coefficient (Wildman–Crippen LogP) is 6.50. The van der Waals surface area contributed by atoms with Crippen molar-refractivity contribution in [2.75, 3.05) is 6.61 Å². The molecule has 13 heteroatoms. The third-order valence-electron chi connectivity index (χ3n) is 10.1. The zero-order valence-corrected chi connectivity index (χ0v) is 33.3. The van der Waals surface area contributed by atoms with Crippen LogP contribution in [0.1, 0.15) is 174 Å². The zero-order chi connectivity index (χ0) is 38.6. The minimum Gasteiger partial charge on any atom is -0.387 e. The van der Waals surface area contributed by atoms with E-state index in [1.807, 2.05) is 6.08 Å². The lowest BCUT2D eigenvalue weighted by Gasteiger charge is -2.41. The van der Waals surface area contributed by atoms with E-state index in [-0.39, 0.29) is 12.3 Å². The highest BCUT2D eigenvalue weighted by Gasteiger charge is 2.51. The second kappa shape index (κ2) is 30.3. The number of rotatable bonds is 33. The van der Waals surface area contributed by atoms with Crippen LogP contribution in [0.4, 0.5) is 0 Å². The molecular weight excluding hydrogens is 689 g/mol. The van der Waals surface area contributed by atoms with Crippen LogP contribution in [0.5, 0.6) is 0 Å². The number of nitrogens with one attached hydrogen (secondary N) is 1. The van der Waals surface area contributed by atoms with Gasteiger partial charge in [-0.25, -0.2) is 4.57 Å². The number of hydrogen-bond acceptors (Lipinski definition) is 10. The molecule has 0 heterocycles. The number of carbonyl (C=O) groups is 1. The van der Waals surface area contributed by atoms with Gasteiger partial charge >= 0.3 is 7.82 Å². The van der Waals surface area contributed by atoms with Crippen LogP contribution >= 0.6 is 7.82 Å². The number of aliphatic hydroxyl groups excluding tert-OH is 6. The van der Waals surface area contributed by atoms with Crippen molar-refractivity contribution < 1.29 is 53.9 Å². The molecule has 308 valence electrons. The van der Waals surface area contributed by atoms with Crippen LogP contribution in [0.15, 0.2) is 12.2 Å². The Morgan fingerprint density at radius 1 is 0.635 bits per heavy atom. The molecule has 1 aliphatic rings. The van der Waals surface area contributed by atoms with Crippen molar-refractivity contribution >= 4 is 13.7 Å². The van der Waals surface area contributed by atoms with Gasteiger partial charge < -0.3 is 40.8 Å². The van der Waals surface area contributed by atoms with Crippen molar-refractivity contribution in [3.63, 3.8) is 0 Å². The van der Waals surface area contributed by atoms with Crippen molar-refractivity contribution in [2.24, 2.45) is 0 Å². The molecule has 0 saturated heterocycles. The van der Waals surface area contributed by atoms with E-state index < -0.39 is 63.2 Å². The second-order valence-electron chi connectivity index (χ2n) is 14.8. The molecule has 0 aromatic carbocycles. The molecule has 0 spiro atoms. The molecule has 1 rings (SSSR count). The van der Waals surface area contributed by atoms with Gasteiger partial charge in [0.25, 0.3) is 0 Å². The Labute approximate surface area is 314 Å². The molecular formula is C39H76NO11P. The lowest BCUT2D eigenvalue weighted by molar-refractivity contribution is -0.220. The Balaban J connectivity index is 2.54. The highest BCUT2D eigenvalue weighted by atomic mass is 31.2. The van der Waals surface area contributed by atoms with E-state index in [9.17, 15) is 44.9 Å². The van der Waals surface area contributed by atoms with Crippen LogP contribution in [-0.4, -0.2) is 96.8 Å². The molecule has 52 heavy (non-hydrogen) atoms. The molecule has 6 unspecified atom stereocenters. The van der Waals surface area contributed by atoms with Gasteiger partial charge in [0.1, 0.15) is 36.6 Å². The SMILES string of the molecule is CCCCCCCCCC/C=C/[C@@H](O)[C@H](COP(=O)(O)OC1C(O)C(O)C(O)[C@@H](O)C1O)NC(=O)CCCCCCCCCCCCCCCCC. The molecule has 8 N–H and O–H groups in total. The fourth-order valence-corrected chi connectivity index (χ4v) is 7.57. The summed E-state index contributed by atoms with van der Waals surface area (Å²) < 4.78 is 22.8. The standard InChI is InChI=1S/C39H76NO11P/c1-3-5-7-9-11-13-15-16-17-18-19-21-23-25-27-29-33(42)40-31(32(41)28-26-24-22-20-14-12-10-8-6-4-2)30-50-52(48,49)51-39-37(46)35(44)34(43)36(45)38(39)47/h26,28,31-32,34-39,41,43-47H,3-25,27,29-30H2,1-2H3,(H,40,42)(H,48,49)/b28-26+/t31-,32+,34?,35+,36?,37?,38?,39?/m0/s1. The van der Waals surface area contributed by atoms with Gasteiger partial charge in [0.15, 0.2) is 0 Å². The fourth-order valence-electron chi connectivity index (χ4n) is 6.61. The Kier molecular flexibility index (Phi) is 28.6. The number of amides is 1. The van der Waals surface area contributed by atoms with Crippen LogP contribution in [0, 0.1) is 0 Å². The first-order chi connectivity index (χ1) is 24.9. The first kappa shape index (κ1) is 49.1. The van der Waals surface area contributed by atoms with Crippen LogP contribution in [0.3, 0.4) is 0 Å². The summed E-state index contributed by atoms with van der Waals surface area (Å²) in [5, 5.41) is 63.7. The van der Waals surface area contributed by atoms with Crippen LogP contribution in [0.2, 0.25) is 0 Å². The number of hydrogen-bond donors (Lipinski definition) is 8. The summed E-state index contributed by atoms with van der Waals surface area (Å²) in [5.74, 6) is -0.342. The second-order valence-corrected chi connectivity index (χ2v) is 16.2. The highest BCUT2D eigenvalue weighted by Crippen LogP contribution is 2.47. The quantitative estimate of drug-likeness (QED) is 0.0206. The number of allylic oxidation sites excluding steroid dienone is 1. The van der Waals surface area contributed by atoms with Crippen molar-refractivity contribution in [2.45, 2.75) is 223 Å². The smallest absolute Gasteiger partial charge is 0.387 e. The maximum absolute atomic E-state index is 12.9. The van der Waals surface area contributed by atoms with Crippen LogP contribution in [0.25, 0.3) is 0 Å². The van der Waals surface area contributed by atoms with Gasteiger partial charge in [-0.1, -0.05) is 161 Å². The van der Waals surface area contributed by atoms with Gasteiger partial charge in [-0.15, -0.1) is 0 Å². The van der Waals surface area contributed by atoms with Crippen LogP contribution < -0.4 is 5.32 Å². The Bertz CT molecular complexity index is 941. The van der Waals surface area contributed by atoms with E-state index in [1.54, 1.807) is 0 Å². The summed E-state index contributed by atoms with van der Waals surface area (Å²) in [4.78, 5) is 23.2. The average Bonchev–Trinajstić information content (AvgIpc) is 3.12. The van der Waals surface area contributed by atoms with Gasteiger partial charge in [-0.3, -0.25) is 13.8 Å². The summed E-state index contributed by atoms with van der Waals surface area (Å²) in [6.07, 6.45) is 18.7. The molecule has 1 fully saturated rings. The summed E-state index contributed by atoms with van der Waals surface area (Å²) in [6, 6.07) is -1.11. The van der Waals surface area contributed by atoms with Gasteiger partial charge in [0.2, 0.25) is 5.91 Å². The largest absolute Gasteiger partial charge is 0.472 e. The van der Waals surface area contributed by atoms with E-state index in [0.29, 0.717) is 6.42 Å². The zero-order valence-electron chi connectivity index (χ0n) is 32.4. The molecule has 9 atom stereocenters. The van der Waals surface area contributed by atoms with Crippen molar-refractivity contribution in [1.29, 1.82) is 0 Å². The van der Waals surface area contributed by atoms with Crippen molar-refractivity contribution in [3.05, 3.63) is 12.2 Å². The van der Waals surface area contributed by atoms with Crippen molar-refractivity contribution in [1.82, 2.24) is 5.32 Å². The lowest BCUT2D eigenvalue weighted by atomic mass is 9.85. The molecule has 1 amide bonds. The van der Waals surface area contributed by atoms with Crippen LogP contribution in [-0.2, 0) is 18.4 Å². The molecule has 0 aromatic rings. The summed E-state index contributed by atoms with van der Waals surface area (Å²) in [7, 11) is -5.06. The van der Waals surface area contributed by atoms with Crippen molar-refractivity contribution in [3.8, 4) is 0 Å². The monoisotopic (exact) mass is 766 g/mol. The number of phosphoric ester groups is 1. The van der Waals surface area contributed by atoms with Gasteiger partial charge in [-0.2, -0.15) is 0 Å². The molecule has 12 nitrogen and oxygen atoms in total. The number of phosphoric acid groups is 1. The fraction of sp³-hybridized carbons (Fsp3) is 0.923. The first-order valence-corrected chi connectivity index (χ1v) is 22.1. The molecule has 0 radical (unpaired) electrons. The predicted molar refractivity (Wildman–Crippen MR) is 205 cm³/mol. The van der Waals surface area contributed by atoms with E-state index in [4.69, 9.17) is 9.05 Å². The van der Waals surface area contributed by atoms with Gasteiger partial charge in [0, 0.05) is 6.42 Å². The summed E-state index contributed by atoms with van der Waals surface area (Å²) in [5.41, 5.74) is 0. The molecule has 0 bridgehead atoms. The molecule has 1 saturated carbocycles.